The number of fused-ring (bicyclic) bond motifs is 2. The van der Waals surface area contributed by atoms with Gasteiger partial charge >= 0.3 is 26.2 Å². The largest absolute Gasteiger partial charge is 4.00 e. The van der Waals surface area contributed by atoms with Crippen LogP contribution < -0.4 is 24.8 Å². The Hall–Kier alpha value is -2.44. The van der Waals surface area contributed by atoms with Crippen molar-refractivity contribution in [2.45, 2.75) is 117 Å². The second kappa shape index (κ2) is 20.7. The fraction of sp³-hybridized carbons (Fsp3) is 0.375. The Morgan fingerprint density at radius 1 is 0.608 bits per heavy atom. The van der Waals surface area contributed by atoms with Gasteiger partial charge in [-0.05, 0) is 72.1 Å². The fourth-order valence-corrected chi connectivity index (χ4v) is 8.11. The smallest absolute Gasteiger partial charge is 1.00 e. The first-order valence-electron chi connectivity index (χ1n) is 19.1. The standard InChI is InChI=1S/C26H31.C22H25.2ClH.Zr/c1-3-8-19(2)24-17-23-11-7-12-25(26(23)18-24)22-15-13-21(14-16-22)20-9-5-4-6-10-20;1-4-7-16(3)18-10-12-19(13-11-18)21-9-6-8-20-14-17(5-2)15-22(20)21;;;/h7,11-20H,3-6,8-10H2,1-2H3;6,8-16H,4-5,7H2,1-3H3;2*1H;/q2*-1;;;+4/p-2. The third kappa shape index (κ3) is 10.4. The second-order valence-corrected chi connectivity index (χ2v) is 14.6. The molecular weight excluding hydrogens is 739 g/mol. The maximum Gasteiger partial charge on any atom is 4.00 e. The molecule has 0 bridgehead atoms. The summed E-state index contributed by atoms with van der Waals surface area (Å²) in [5, 5.41) is 5.54. The summed E-state index contributed by atoms with van der Waals surface area (Å²) in [6.07, 6.45) is 13.1. The monoisotopic (exact) mass is 792 g/mol. The van der Waals surface area contributed by atoms with Gasteiger partial charge in [0.05, 0.1) is 0 Å². The van der Waals surface area contributed by atoms with Crippen LogP contribution in [-0.4, -0.2) is 0 Å². The minimum atomic E-state index is 0. The van der Waals surface area contributed by atoms with Gasteiger partial charge in [0.15, 0.2) is 0 Å². The second-order valence-electron chi connectivity index (χ2n) is 14.6. The first-order valence-corrected chi connectivity index (χ1v) is 19.1. The minimum absolute atomic E-state index is 0. The number of hydrogen-bond donors (Lipinski definition) is 0. The van der Waals surface area contributed by atoms with Crippen LogP contribution in [0.2, 0.25) is 0 Å². The Kier molecular flexibility index (Phi) is 17.5. The van der Waals surface area contributed by atoms with Crippen molar-refractivity contribution >= 4 is 21.5 Å². The molecule has 0 amide bonds. The Morgan fingerprint density at radius 3 is 1.71 bits per heavy atom. The summed E-state index contributed by atoms with van der Waals surface area (Å²) in [7, 11) is 0. The van der Waals surface area contributed by atoms with Crippen LogP contribution in [0.5, 0.6) is 0 Å². The molecule has 1 aliphatic rings. The Morgan fingerprint density at radius 2 is 1.14 bits per heavy atom. The van der Waals surface area contributed by atoms with Gasteiger partial charge in [0.1, 0.15) is 0 Å². The molecule has 0 saturated heterocycles. The van der Waals surface area contributed by atoms with Gasteiger partial charge in [-0.25, -0.2) is 0 Å². The van der Waals surface area contributed by atoms with Crippen molar-refractivity contribution in [3.63, 3.8) is 0 Å². The van der Waals surface area contributed by atoms with Crippen LogP contribution >= 0.6 is 0 Å². The van der Waals surface area contributed by atoms with E-state index in [0.717, 1.165) is 12.3 Å². The molecule has 51 heavy (non-hydrogen) atoms. The third-order valence-electron chi connectivity index (χ3n) is 11.1. The van der Waals surface area contributed by atoms with E-state index in [1.54, 1.807) is 5.56 Å². The van der Waals surface area contributed by atoms with Crippen LogP contribution in [0.4, 0.5) is 0 Å². The van der Waals surface area contributed by atoms with Crippen molar-refractivity contribution in [3.8, 4) is 22.3 Å². The molecule has 3 heteroatoms. The molecule has 0 spiro atoms. The molecule has 6 aromatic rings. The molecule has 0 aliphatic heterocycles. The number of benzene rings is 4. The first-order chi connectivity index (χ1) is 23.5. The molecule has 0 heterocycles. The van der Waals surface area contributed by atoms with Gasteiger partial charge in [0.25, 0.3) is 0 Å². The average Bonchev–Trinajstić information content (AvgIpc) is 3.78. The van der Waals surface area contributed by atoms with Gasteiger partial charge < -0.3 is 24.8 Å². The molecule has 0 N–H and O–H groups in total. The Balaban J connectivity index is 0.000000263. The molecule has 1 fully saturated rings. The van der Waals surface area contributed by atoms with Crippen LogP contribution in [0.1, 0.15) is 132 Å². The van der Waals surface area contributed by atoms with Crippen LogP contribution in [-0.2, 0) is 32.6 Å². The van der Waals surface area contributed by atoms with Gasteiger partial charge in [-0.2, -0.15) is 12.1 Å². The van der Waals surface area contributed by atoms with Crippen molar-refractivity contribution in [1.82, 2.24) is 0 Å². The van der Waals surface area contributed by atoms with Gasteiger partial charge in [0, 0.05) is 0 Å². The molecule has 7 rings (SSSR count). The van der Waals surface area contributed by atoms with Crippen molar-refractivity contribution in [3.05, 3.63) is 131 Å². The van der Waals surface area contributed by atoms with Gasteiger partial charge in [0.2, 0.25) is 0 Å². The normalized spacial score (nSPS) is 14.1. The van der Waals surface area contributed by atoms with E-state index in [4.69, 9.17) is 0 Å². The van der Waals surface area contributed by atoms with Crippen LogP contribution in [0, 0.1) is 0 Å². The predicted molar refractivity (Wildman–Crippen MR) is 212 cm³/mol. The van der Waals surface area contributed by atoms with E-state index >= 15 is 0 Å². The number of rotatable bonds is 10. The van der Waals surface area contributed by atoms with Crippen molar-refractivity contribution in [2.24, 2.45) is 0 Å². The maximum atomic E-state index is 2.43. The zero-order valence-corrected chi connectivity index (χ0v) is 35.4. The summed E-state index contributed by atoms with van der Waals surface area (Å²) in [5.74, 6) is 2.09. The van der Waals surface area contributed by atoms with Crippen LogP contribution in [0.15, 0.2) is 109 Å². The number of hydrogen-bond acceptors (Lipinski definition) is 0. The number of halogens is 2. The molecule has 0 radical (unpaired) electrons. The molecule has 0 aromatic heterocycles. The van der Waals surface area contributed by atoms with E-state index in [9.17, 15) is 0 Å². The summed E-state index contributed by atoms with van der Waals surface area (Å²) in [6.45, 7) is 11.4. The Labute approximate surface area is 340 Å². The van der Waals surface area contributed by atoms with E-state index in [1.807, 2.05) is 0 Å². The summed E-state index contributed by atoms with van der Waals surface area (Å²) in [6, 6.07) is 41.5. The zero-order valence-electron chi connectivity index (χ0n) is 31.5. The minimum Gasteiger partial charge on any atom is -1.00 e. The summed E-state index contributed by atoms with van der Waals surface area (Å²) < 4.78 is 0. The fourth-order valence-electron chi connectivity index (χ4n) is 8.11. The van der Waals surface area contributed by atoms with E-state index in [-0.39, 0.29) is 51.0 Å². The Bertz CT molecular complexity index is 1890. The van der Waals surface area contributed by atoms with Crippen molar-refractivity contribution in [1.29, 1.82) is 0 Å². The van der Waals surface area contributed by atoms with E-state index in [0.29, 0.717) is 11.8 Å². The van der Waals surface area contributed by atoms with Gasteiger partial charge in [-0.1, -0.05) is 139 Å². The van der Waals surface area contributed by atoms with Gasteiger partial charge in [-0.3, -0.25) is 0 Å². The molecule has 2 atom stereocenters. The molecule has 1 saturated carbocycles. The van der Waals surface area contributed by atoms with Crippen LogP contribution in [0.25, 0.3) is 43.8 Å². The van der Waals surface area contributed by atoms with Gasteiger partial charge in [-0.15, -0.1) is 69.1 Å². The summed E-state index contributed by atoms with van der Waals surface area (Å²) >= 11 is 0. The maximum absolute atomic E-state index is 2.43. The molecule has 1 aliphatic carbocycles. The zero-order chi connectivity index (χ0) is 33.5. The molecule has 266 valence electrons. The molecule has 0 nitrogen and oxygen atoms in total. The van der Waals surface area contributed by atoms with Crippen molar-refractivity contribution < 1.29 is 51.0 Å². The predicted octanol–water partition coefficient (Wildman–Crippen LogP) is 8.87. The molecule has 6 aromatic carbocycles. The SMILES string of the molecule is CCCC(C)c1cc2c(-c3ccc(C4CCCCC4)cc3)cccc2[cH-]1.CCCC(C)c1ccc(-c2cccc3[cH-]c(CC)cc23)cc1.[Cl-].[Cl-].[Zr+4]. The van der Waals surface area contributed by atoms with Crippen LogP contribution in [0.3, 0.4) is 0 Å². The summed E-state index contributed by atoms with van der Waals surface area (Å²) in [5.41, 5.74) is 11.3. The summed E-state index contributed by atoms with van der Waals surface area (Å²) in [4.78, 5) is 0. The van der Waals surface area contributed by atoms with E-state index in [2.05, 4.69) is 144 Å². The number of aryl methyl sites for hydroxylation is 1. The topological polar surface area (TPSA) is 0 Å². The van der Waals surface area contributed by atoms with E-state index < -0.39 is 0 Å². The molecule has 2 unspecified atom stereocenters. The van der Waals surface area contributed by atoms with E-state index in [1.165, 1.54) is 118 Å². The molecular formula is C48H56Cl2Zr. The quantitative estimate of drug-likeness (QED) is 0.122. The first kappa shape index (κ1) is 43.0. The van der Waals surface area contributed by atoms with Crippen molar-refractivity contribution in [2.75, 3.05) is 0 Å². The third-order valence-corrected chi connectivity index (χ3v) is 11.1. The average molecular weight is 795 g/mol.